The van der Waals surface area contributed by atoms with Crippen LogP contribution in [0.25, 0.3) is 16.6 Å². The molecular formula is C13H11ClN4S. The van der Waals surface area contributed by atoms with Gasteiger partial charge in [0.25, 0.3) is 0 Å². The third-order valence-corrected chi connectivity index (χ3v) is 3.63. The van der Waals surface area contributed by atoms with Crippen LogP contribution in [-0.2, 0) is 0 Å². The lowest BCUT2D eigenvalue weighted by atomic mass is 10.2. The Bertz CT molecular complexity index is 817. The molecule has 96 valence electrons. The van der Waals surface area contributed by atoms with E-state index < -0.39 is 0 Å². The Balaban J connectivity index is 2.34. The molecule has 1 aromatic carbocycles. The summed E-state index contributed by atoms with van der Waals surface area (Å²) in [5, 5.41) is 13.3. The van der Waals surface area contributed by atoms with E-state index in [1.54, 1.807) is 0 Å². The van der Waals surface area contributed by atoms with Gasteiger partial charge in [0.1, 0.15) is 10.2 Å². The number of H-pyrrole nitrogens is 1. The second kappa shape index (κ2) is 4.43. The summed E-state index contributed by atoms with van der Waals surface area (Å²) in [5.41, 5.74) is 3.63. The van der Waals surface area contributed by atoms with Gasteiger partial charge in [-0.05, 0) is 38.1 Å². The number of nitrogens with zero attached hydrogens (tertiary/aromatic N) is 3. The summed E-state index contributed by atoms with van der Waals surface area (Å²) in [7, 11) is 0. The number of hydrogen-bond acceptors (Lipinski definition) is 3. The highest BCUT2D eigenvalue weighted by Gasteiger charge is 2.13. The Labute approximate surface area is 120 Å². The average molecular weight is 291 g/mol. The van der Waals surface area contributed by atoms with Crippen molar-refractivity contribution in [1.29, 1.82) is 0 Å². The van der Waals surface area contributed by atoms with Crippen LogP contribution in [0.3, 0.4) is 0 Å². The fraction of sp³-hybridized carbons (Fsp3) is 0.154. The first-order valence-corrected chi connectivity index (χ1v) is 6.57. The molecular weight excluding hydrogens is 280 g/mol. The zero-order valence-electron chi connectivity index (χ0n) is 10.4. The van der Waals surface area contributed by atoms with Crippen LogP contribution in [0.5, 0.6) is 0 Å². The number of benzene rings is 1. The van der Waals surface area contributed by atoms with Crippen molar-refractivity contribution in [2.45, 2.75) is 13.8 Å². The van der Waals surface area contributed by atoms with Gasteiger partial charge in [0.15, 0.2) is 0 Å². The Morgan fingerprint density at radius 2 is 1.89 bits per heavy atom. The molecule has 3 rings (SSSR count). The molecule has 3 aromatic rings. The Hall–Kier alpha value is -1.72. The maximum atomic E-state index is 5.91. The van der Waals surface area contributed by atoms with Gasteiger partial charge < -0.3 is 0 Å². The second-order valence-electron chi connectivity index (χ2n) is 4.34. The molecule has 2 aromatic heterocycles. The summed E-state index contributed by atoms with van der Waals surface area (Å²) in [6.45, 7) is 3.95. The van der Waals surface area contributed by atoms with Gasteiger partial charge in [0, 0.05) is 10.4 Å². The molecule has 0 atom stereocenters. The van der Waals surface area contributed by atoms with E-state index in [1.165, 1.54) is 0 Å². The number of fused-ring (bicyclic) bond motifs is 1. The minimum atomic E-state index is 0.552. The number of nitrogens with one attached hydrogen (secondary N) is 1. The highest BCUT2D eigenvalue weighted by atomic mass is 35.5. The van der Waals surface area contributed by atoms with Gasteiger partial charge in [-0.3, -0.25) is 5.10 Å². The molecule has 0 saturated heterocycles. The average Bonchev–Trinajstić information content (AvgIpc) is 2.74. The zero-order valence-corrected chi connectivity index (χ0v) is 12.0. The normalized spacial score (nSPS) is 11.1. The number of aromatic nitrogens is 4. The maximum Gasteiger partial charge on any atom is 0.148 e. The monoisotopic (exact) mass is 290 g/mol. The Morgan fingerprint density at radius 1 is 1.21 bits per heavy atom. The van der Waals surface area contributed by atoms with E-state index >= 15 is 0 Å². The standard InChI is InChI=1S/C13H11ClN4S/c1-7-11-8(2)18(10-5-3-9(14)4-6-10)17-12(11)13(19)16-15-7/h3-6H,1-2H3,(H,16,19). The largest absolute Gasteiger partial charge is 0.266 e. The molecule has 0 saturated carbocycles. The topological polar surface area (TPSA) is 46.5 Å². The van der Waals surface area contributed by atoms with Crippen LogP contribution >= 0.6 is 23.8 Å². The van der Waals surface area contributed by atoms with Crippen molar-refractivity contribution in [2.75, 3.05) is 0 Å². The van der Waals surface area contributed by atoms with Crippen molar-refractivity contribution in [2.24, 2.45) is 0 Å². The van der Waals surface area contributed by atoms with Crippen LogP contribution < -0.4 is 0 Å². The molecule has 0 bridgehead atoms. The van der Waals surface area contributed by atoms with Crippen molar-refractivity contribution in [1.82, 2.24) is 20.0 Å². The van der Waals surface area contributed by atoms with Crippen LogP contribution in [-0.4, -0.2) is 20.0 Å². The predicted molar refractivity (Wildman–Crippen MR) is 78.5 cm³/mol. The van der Waals surface area contributed by atoms with E-state index in [1.807, 2.05) is 42.8 Å². The van der Waals surface area contributed by atoms with Crippen molar-refractivity contribution >= 4 is 34.7 Å². The lowest BCUT2D eigenvalue weighted by Gasteiger charge is -2.04. The fourth-order valence-electron chi connectivity index (χ4n) is 2.17. The third kappa shape index (κ3) is 1.95. The van der Waals surface area contributed by atoms with Crippen molar-refractivity contribution in [3.63, 3.8) is 0 Å². The minimum Gasteiger partial charge on any atom is -0.266 e. The van der Waals surface area contributed by atoms with E-state index in [2.05, 4.69) is 15.3 Å². The molecule has 1 N–H and O–H groups in total. The number of aromatic amines is 1. The first-order valence-electron chi connectivity index (χ1n) is 5.78. The summed E-state index contributed by atoms with van der Waals surface area (Å²) in [6.07, 6.45) is 0. The van der Waals surface area contributed by atoms with Gasteiger partial charge in [0.05, 0.1) is 17.1 Å². The van der Waals surface area contributed by atoms with E-state index in [9.17, 15) is 0 Å². The second-order valence-corrected chi connectivity index (χ2v) is 5.18. The summed E-state index contributed by atoms with van der Waals surface area (Å²) >= 11 is 11.1. The van der Waals surface area contributed by atoms with Crippen molar-refractivity contribution in [3.05, 3.63) is 45.3 Å². The smallest absolute Gasteiger partial charge is 0.148 e. The van der Waals surface area contributed by atoms with Gasteiger partial charge in [-0.25, -0.2) is 4.68 Å². The van der Waals surface area contributed by atoms with E-state index in [0.29, 0.717) is 9.66 Å². The first kappa shape index (κ1) is 12.3. The molecule has 6 heteroatoms. The van der Waals surface area contributed by atoms with Crippen molar-refractivity contribution < 1.29 is 0 Å². The zero-order chi connectivity index (χ0) is 13.6. The molecule has 0 radical (unpaired) electrons. The van der Waals surface area contributed by atoms with Crippen molar-refractivity contribution in [3.8, 4) is 5.69 Å². The number of rotatable bonds is 1. The Kier molecular flexibility index (Phi) is 2.88. The number of hydrogen-bond donors (Lipinski definition) is 1. The van der Waals surface area contributed by atoms with Gasteiger partial charge in [-0.15, -0.1) is 0 Å². The molecule has 0 aliphatic carbocycles. The number of halogens is 1. The Morgan fingerprint density at radius 3 is 2.53 bits per heavy atom. The van der Waals surface area contributed by atoms with E-state index in [-0.39, 0.29) is 0 Å². The molecule has 0 spiro atoms. The summed E-state index contributed by atoms with van der Waals surface area (Å²) in [5.74, 6) is 0. The van der Waals surface area contributed by atoms with Gasteiger partial charge >= 0.3 is 0 Å². The first-order chi connectivity index (χ1) is 9.08. The summed E-state index contributed by atoms with van der Waals surface area (Å²) < 4.78 is 2.41. The number of aryl methyl sites for hydroxylation is 2. The summed E-state index contributed by atoms with van der Waals surface area (Å²) in [6, 6.07) is 7.54. The molecule has 0 fully saturated rings. The maximum absolute atomic E-state index is 5.91. The predicted octanol–water partition coefficient (Wildman–Crippen LogP) is 3.75. The SMILES string of the molecule is Cc1n[nH]c(=S)c2nn(-c3ccc(Cl)cc3)c(C)c12. The van der Waals surface area contributed by atoms with Crippen LogP contribution in [0.15, 0.2) is 24.3 Å². The lowest BCUT2D eigenvalue weighted by Crippen LogP contribution is -1.98. The summed E-state index contributed by atoms with van der Waals surface area (Å²) in [4.78, 5) is 0. The molecule has 19 heavy (non-hydrogen) atoms. The fourth-order valence-corrected chi connectivity index (χ4v) is 2.49. The van der Waals surface area contributed by atoms with Gasteiger partial charge in [-0.1, -0.05) is 23.8 Å². The van der Waals surface area contributed by atoms with Crippen LogP contribution in [0.4, 0.5) is 0 Å². The molecule has 0 unspecified atom stereocenters. The van der Waals surface area contributed by atoms with Gasteiger partial charge in [-0.2, -0.15) is 10.2 Å². The quantitative estimate of drug-likeness (QED) is 0.694. The van der Waals surface area contributed by atoms with Crippen LogP contribution in [0, 0.1) is 18.5 Å². The molecule has 0 aliphatic rings. The van der Waals surface area contributed by atoms with E-state index in [0.717, 1.165) is 28.0 Å². The lowest BCUT2D eigenvalue weighted by molar-refractivity contribution is 0.859. The minimum absolute atomic E-state index is 0.552. The molecule has 4 nitrogen and oxygen atoms in total. The highest BCUT2D eigenvalue weighted by Crippen LogP contribution is 2.23. The van der Waals surface area contributed by atoms with Gasteiger partial charge in [0.2, 0.25) is 0 Å². The highest BCUT2D eigenvalue weighted by molar-refractivity contribution is 7.71. The molecule has 0 aliphatic heterocycles. The van der Waals surface area contributed by atoms with Crippen LogP contribution in [0.2, 0.25) is 5.02 Å². The molecule has 0 amide bonds. The third-order valence-electron chi connectivity index (χ3n) is 3.09. The van der Waals surface area contributed by atoms with E-state index in [4.69, 9.17) is 23.8 Å². The molecule has 2 heterocycles. The van der Waals surface area contributed by atoms with Crippen LogP contribution in [0.1, 0.15) is 11.4 Å².